The molecule has 8 nitrogen and oxygen atoms in total. The molecule has 2 aromatic heterocycles. The highest BCUT2D eigenvalue weighted by Crippen LogP contribution is 2.29. The number of aromatic nitrogens is 3. The molecule has 25 heavy (non-hydrogen) atoms. The molecule has 0 bridgehead atoms. The predicted octanol–water partition coefficient (Wildman–Crippen LogP) is 3.32. The fraction of sp³-hybridized carbons (Fsp3) is 0.235. The molecule has 0 aliphatic carbocycles. The maximum atomic E-state index is 10.9. The van der Waals surface area contributed by atoms with Crippen molar-refractivity contribution in [3.63, 3.8) is 0 Å². The zero-order valence-corrected chi connectivity index (χ0v) is 13.7. The van der Waals surface area contributed by atoms with Crippen LogP contribution in [0.5, 0.6) is 0 Å². The van der Waals surface area contributed by atoms with Crippen molar-refractivity contribution < 1.29 is 4.92 Å². The van der Waals surface area contributed by atoms with Gasteiger partial charge >= 0.3 is 0 Å². The summed E-state index contributed by atoms with van der Waals surface area (Å²) >= 11 is 0. The zero-order valence-electron chi connectivity index (χ0n) is 13.7. The number of rotatable bonds is 5. The summed E-state index contributed by atoms with van der Waals surface area (Å²) in [5, 5.41) is 32.0. The summed E-state index contributed by atoms with van der Waals surface area (Å²) in [6.07, 6.45) is 1.88. The van der Waals surface area contributed by atoms with Crippen LogP contribution in [-0.4, -0.2) is 19.5 Å². The molecule has 0 aliphatic rings. The Labute approximate surface area is 143 Å². The van der Waals surface area contributed by atoms with Crippen molar-refractivity contribution in [2.75, 3.05) is 5.32 Å². The van der Waals surface area contributed by atoms with Gasteiger partial charge in [-0.1, -0.05) is 19.9 Å². The summed E-state index contributed by atoms with van der Waals surface area (Å²) < 4.78 is 1.88. The molecular weight excluding hydrogens is 320 g/mol. The number of pyridine rings is 1. The number of fused-ring (bicyclic) bond motifs is 1. The van der Waals surface area contributed by atoms with Crippen molar-refractivity contribution in [2.24, 2.45) is 5.92 Å². The molecule has 8 heteroatoms. The Kier molecular flexibility index (Phi) is 4.31. The lowest BCUT2D eigenvalue weighted by Crippen LogP contribution is -2.20. The molecule has 0 saturated heterocycles. The summed E-state index contributed by atoms with van der Waals surface area (Å²) in [6, 6.07) is 11.6. The first-order valence-corrected chi connectivity index (χ1v) is 7.76. The Morgan fingerprint density at radius 1 is 1.28 bits per heavy atom. The smallest absolute Gasteiger partial charge is 0.270 e. The summed E-state index contributed by atoms with van der Waals surface area (Å²) in [4.78, 5) is 10.4. The van der Waals surface area contributed by atoms with E-state index in [2.05, 4.69) is 15.5 Å². The van der Waals surface area contributed by atoms with Crippen LogP contribution < -0.4 is 5.32 Å². The molecule has 1 aromatic carbocycles. The van der Waals surface area contributed by atoms with Crippen LogP contribution in [0.1, 0.15) is 31.3 Å². The SMILES string of the molecule is CC(C)C(Nc1ccc([N+](=O)[O-])cc1C#N)c1nnc2ccccn12. The fourth-order valence-electron chi connectivity index (χ4n) is 2.63. The number of nitrogens with one attached hydrogen (secondary N) is 1. The topological polar surface area (TPSA) is 109 Å². The molecule has 0 amide bonds. The van der Waals surface area contributed by atoms with E-state index in [0.29, 0.717) is 11.5 Å². The molecule has 3 rings (SSSR count). The highest BCUT2D eigenvalue weighted by Gasteiger charge is 2.23. The van der Waals surface area contributed by atoms with Crippen molar-refractivity contribution >= 4 is 17.0 Å². The van der Waals surface area contributed by atoms with Crippen molar-refractivity contribution in [2.45, 2.75) is 19.9 Å². The van der Waals surface area contributed by atoms with Crippen LogP contribution >= 0.6 is 0 Å². The van der Waals surface area contributed by atoms with Gasteiger partial charge in [-0.3, -0.25) is 14.5 Å². The highest BCUT2D eigenvalue weighted by atomic mass is 16.6. The van der Waals surface area contributed by atoms with E-state index in [1.807, 2.05) is 48.7 Å². The van der Waals surface area contributed by atoms with Gasteiger partial charge in [0.05, 0.1) is 22.2 Å². The summed E-state index contributed by atoms with van der Waals surface area (Å²) in [5.74, 6) is 0.863. The molecule has 1 N–H and O–H groups in total. The largest absolute Gasteiger partial charge is 0.374 e. The number of hydrogen-bond donors (Lipinski definition) is 1. The minimum atomic E-state index is -0.517. The molecule has 0 spiro atoms. The predicted molar refractivity (Wildman–Crippen MR) is 92.0 cm³/mol. The Balaban J connectivity index is 2.01. The lowest BCUT2D eigenvalue weighted by Gasteiger charge is -2.22. The van der Waals surface area contributed by atoms with E-state index in [4.69, 9.17) is 0 Å². The molecule has 3 aromatic rings. The van der Waals surface area contributed by atoms with Gasteiger partial charge in [-0.2, -0.15) is 5.26 Å². The van der Waals surface area contributed by atoms with E-state index in [9.17, 15) is 15.4 Å². The first kappa shape index (κ1) is 16.4. The average molecular weight is 336 g/mol. The van der Waals surface area contributed by atoms with E-state index in [-0.39, 0.29) is 23.2 Å². The first-order chi connectivity index (χ1) is 12.0. The Hall–Kier alpha value is -3.47. The van der Waals surface area contributed by atoms with Crippen molar-refractivity contribution in [1.82, 2.24) is 14.6 Å². The number of nitriles is 1. The van der Waals surface area contributed by atoms with Gasteiger partial charge in [0.1, 0.15) is 6.07 Å². The molecule has 126 valence electrons. The van der Waals surface area contributed by atoms with Gasteiger partial charge in [-0.05, 0) is 24.1 Å². The maximum Gasteiger partial charge on any atom is 0.270 e. The first-order valence-electron chi connectivity index (χ1n) is 7.76. The number of anilines is 1. The standard InChI is InChI=1S/C17H16N6O2/c1-11(2)16(17-21-20-15-5-3-4-8-22(15)17)19-14-7-6-13(23(24)25)9-12(14)10-18/h3-9,11,16,19H,1-2H3. The van der Waals surface area contributed by atoms with Crippen LogP contribution in [0.4, 0.5) is 11.4 Å². The fourth-order valence-corrected chi connectivity index (χ4v) is 2.63. The van der Waals surface area contributed by atoms with Crippen molar-refractivity contribution in [3.05, 3.63) is 64.1 Å². The number of non-ortho nitro benzene ring substituents is 1. The van der Waals surface area contributed by atoms with Gasteiger partial charge < -0.3 is 5.32 Å². The van der Waals surface area contributed by atoms with Crippen LogP contribution in [0.15, 0.2) is 42.6 Å². The Morgan fingerprint density at radius 3 is 2.76 bits per heavy atom. The lowest BCUT2D eigenvalue weighted by atomic mass is 10.0. The van der Waals surface area contributed by atoms with Gasteiger partial charge in [0.25, 0.3) is 5.69 Å². The van der Waals surface area contributed by atoms with E-state index < -0.39 is 4.92 Å². The molecule has 1 unspecified atom stereocenters. The van der Waals surface area contributed by atoms with E-state index in [0.717, 1.165) is 5.65 Å². The number of nitro benzene ring substituents is 1. The third kappa shape index (κ3) is 3.12. The van der Waals surface area contributed by atoms with Crippen LogP contribution in [-0.2, 0) is 0 Å². The lowest BCUT2D eigenvalue weighted by molar-refractivity contribution is -0.384. The second-order valence-electron chi connectivity index (χ2n) is 5.95. The third-order valence-corrected chi connectivity index (χ3v) is 3.93. The summed E-state index contributed by atoms with van der Waals surface area (Å²) in [5.41, 5.74) is 1.36. The van der Waals surface area contributed by atoms with Crippen LogP contribution in [0.25, 0.3) is 5.65 Å². The normalized spacial score (nSPS) is 12.1. The summed E-state index contributed by atoms with van der Waals surface area (Å²) in [7, 11) is 0. The van der Waals surface area contributed by atoms with Gasteiger partial charge in [-0.15, -0.1) is 10.2 Å². The molecule has 0 aliphatic heterocycles. The molecule has 1 atom stereocenters. The number of nitro groups is 1. The van der Waals surface area contributed by atoms with Crippen LogP contribution in [0.2, 0.25) is 0 Å². The monoisotopic (exact) mass is 336 g/mol. The van der Waals surface area contributed by atoms with E-state index >= 15 is 0 Å². The Bertz CT molecular complexity index is 973. The van der Waals surface area contributed by atoms with E-state index in [1.54, 1.807) is 6.07 Å². The van der Waals surface area contributed by atoms with E-state index in [1.165, 1.54) is 12.1 Å². The molecule has 0 radical (unpaired) electrons. The number of benzene rings is 1. The molecule has 0 fully saturated rings. The van der Waals surface area contributed by atoms with Gasteiger partial charge in [0, 0.05) is 18.3 Å². The van der Waals surface area contributed by atoms with Gasteiger partial charge in [0.2, 0.25) is 0 Å². The number of hydrogen-bond acceptors (Lipinski definition) is 6. The second kappa shape index (κ2) is 6.57. The number of nitrogens with zero attached hydrogens (tertiary/aromatic N) is 5. The van der Waals surface area contributed by atoms with Crippen LogP contribution in [0.3, 0.4) is 0 Å². The molecular formula is C17H16N6O2. The Morgan fingerprint density at radius 2 is 2.08 bits per heavy atom. The molecule has 2 heterocycles. The summed E-state index contributed by atoms with van der Waals surface area (Å²) in [6.45, 7) is 4.05. The minimum Gasteiger partial charge on any atom is -0.374 e. The molecule has 0 saturated carbocycles. The minimum absolute atomic E-state index is 0.115. The van der Waals surface area contributed by atoms with Gasteiger partial charge in [0.15, 0.2) is 11.5 Å². The van der Waals surface area contributed by atoms with Crippen molar-refractivity contribution in [3.8, 4) is 6.07 Å². The van der Waals surface area contributed by atoms with Crippen LogP contribution in [0, 0.1) is 27.4 Å². The third-order valence-electron chi connectivity index (χ3n) is 3.93. The second-order valence-corrected chi connectivity index (χ2v) is 5.95. The van der Waals surface area contributed by atoms with Gasteiger partial charge in [-0.25, -0.2) is 0 Å². The van der Waals surface area contributed by atoms with Crippen molar-refractivity contribution in [1.29, 1.82) is 5.26 Å². The maximum absolute atomic E-state index is 10.9. The highest BCUT2D eigenvalue weighted by molar-refractivity contribution is 5.62. The zero-order chi connectivity index (χ0) is 18.0. The average Bonchev–Trinajstić information content (AvgIpc) is 3.03. The quantitative estimate of drug-likeness (QED) is 0.565.